The monoisotopic (exact) mass is 352 g/mol. The zero-order chi connectivity index (χ0) is 13.9. The first kappa shape index (κ1) is 13.5. The number of thiazole rings is 1. The van der Waals surface area contributed by atoms with Crippen molar-refractivity contribution in [2.24, 2.45) is 0 Å². The first-order valence-corrected chi connectivity index (χ1v) is 8.23. The molecule has 4 nitrogen and oxygen atoms in total. The fraction of sp³-hybridized carbons (Fsp3) is 0.214. The van der Waals surface area contributed by atoms with Gasteiger partial charge < -0.3 is 9.47 Å². The molecule has 0 atom stereocenters. The average Bonchev–Trinajstić information content (AvgIpc) is 3.01. The SMILES string of the molecule is CCOc1ccc(Oc2nc3sccn3c2CBr)cc1. The molecule has 1 aromatic carbocycles. The van der Waals surface area contributed by atoms with Crippen LogP contribution in [0, 0.1) is 0 Å². The van der Waals surface area contributed by atoms with Crippen LogP contribution in [-0.4, -0.2) is 16.0 Å². The Labute approximate surface area is 129 Å². The number of ether oxygens (including phenoxy) is 2. The van der Waals surface area contributed by atoms with Crippen molar-refractivity contribution in [3.05, 3.63) is 41.5 Å². The van der Waals surface area contributed by atoms with E-state index in [1.807, 2.05) is 47.2 Å². The third-order valence-corrected chi connectivity index (χ3v) is 4.09. The predicted octanol–water partition coefficient (Wildman–Crippen LogP) is 4.48. The van der Waals surface area contributed by atoms with E-state index in [4.69, 9.17) is 9.47 Å². The van der Waals surface area contributed by atoms with Crippen LogP contribution in [0.3, 0.4) is 0 Å². The molecule has 6 heteroatoms. The Bertz CT molecular complexity index is 706. The highest BCUT2D eigenvalue weighted by Gasteiger charge is 2.14. The summed E-state index contributed by atoms with van der Waals surface area (Å²) in [6, 6.07) is 7.56. The van der Waals surface area contributed by atoms with Crippen LogP contribution in [0.5, 0.6) is 17.4 Å². The molecular weight excluding hydrogens is 340 g/mol. The fourth-order valence-corrected chi connectivity index (χ4v) is 3.13. The van der Waals surface area contributed by atoms with Gasteiger partial charge in [0.05, 0.1) is 12.3 Å². The molecule has 0 unspecified atom stereocenters. The minimum atomic E-state index is 0.637. The van der Waals surface area contributed by atoms with Gasteiger partial charge in [0.15, 0.2) is 4.96 Å². The summed E-state index contributed by atoms with van der Waals surface area (Å²) in [5, 5.41) is 2.70. The Morgan fingerprint density at radius 2 is 2.00 bits per heavy atom. The number of alkyl halides is 1. The minimum absolute atomic E-state index is 0.637. The number of nitrogens with zero attached hydrogens (tertiary/aromatic N) is 2. The molecule has 0 aliphatic rings. The molecule has 0 bridgehead atoms. The molecule has 3 aromatic rings. The van der Waals surface area contributed by atoms with Crippen molar-refractivity contribution in [1.29, 1.82) is 0 Å². The van der Waals surface area contributed by atoms with Crippen LogP contribution in [0.2, 0.25) is 0 Å². The van der Waals surface area contributed by atoms with E-state index in [9.17, 15) is 0 Å². The van der Waals surface area contributed by atoms with Crippen molar-refractivity contribution in [2.45, 2.75) is 12.3 Å². The number of hydrogen-bond acceptors (Lipinski definition) is 4. The summed E-state index contributed by atoms with van der Waals surface area (Å²) in [5.74, 6) is 2.23. The maximum atomic E-state index is 5.87. The molecule has 3 rings (SSSR count). The molecule has 0 fully saturated rings. The predicted molar refractivity (Wildman–Crippen MR) is 83.4 cm³/mol. The largest absolute Gasteiger partial charge is 0.494 e. The lowest BCUT2D eigenvalue weighted by atomic mass is 10.3. The molecule has 2 heterocycles. The molecule has 0 amide bonds. The quantitative estimate of drug-likeness (QED) is 0.635. The van der Waals surface area contributed by atoms with E-state index in [-0.39, 0.29) is 0 Å². The Morgan fingerprint density at radius 3 is 2.70 bits per heavy atom. The minimum Gasteiger partial charge on any atom is -0.494 e. The summed E-state index contributed by atoms with van der Waals surface area (Å²) >= 11 is 5.07. The van der Waals surface area contributed by atoms with Gasteiger partial charge in [0, 0.05) is 16.9 Å². The van der Waals surface area contributed by atoms with E-state index in [1.54, 1.807) is 11.3 Å². The number of halogens is 1. The normalized spacial score (nSPS) is 10.9. The zero-order valence-corrected chi connectivity index (χ0v) is 13.3. The number of imidazole rings is 1. The van der Waals surface area contributed by atoms with E-state index < -0.39 is 0 Å². The molecule has 20 heavy (non-hydrogen) atoms. The summed E-state index contributed by atoms with van der Waals surface area (Å²) < 4.78 is 13.3. The first-order chi connectivity index (χ1) is 9.81. The second-order valence-electron chi connectivity index (χ2n) is 4.06. The fourth-order valence-electron chi connectivity index (χ4n) is 1.90. The highest BCUT2D eigenvalue weighted by molar-refractivity contribution is 9.08. The molecule has 0 spiro atoms. The summed E-state index contributed by atoms with van der Waals surface area (Å²) in [7, 11) is 0. The molecule has 0 N–H and O–H groups in total. The molecule has 104 valence electrons. The zero-order valence-electron chi connectivity index (χ0n) is 10.9. The van der Waals surface area contributed by atoms with Gasteiger partial charge in [-0.15, -0.1) is 11.3 Å². The number of benzene rings is 1. The van der Waals surface area contributed by atoms with Gasteiger partial charge in [-0.3, -0.25) is 4.40 Å². The van der Waals surface area contributed by atoms with Gasteiger partial charge in [-0.2, -0.15) is 4.98 Å². The standard InChI is InChI=1S/C14H13BrN2O2S/c1-2-18-10-3-5-11(6-4-10)19-13-12(9-15)17-7-8-20-14(17)16-13/h3-8H,2,9H2,1H3. The topological polar surface area (TPSA) is 35.8 Å². The van der Waals surface area contributed by atoms with Crippen molar-refractivity contribution in [1.82, 2.24) is 9.38 Å². The van der Waals surface area contributed by atoms with E-state index >= 15 is 0 Å². The highest BCUT2D eigenvalue weighted by atomic mass is 79.9. The van der Waals surface area contributed by atoms with Crippen LogP contribution in [0.25, 0.3) is 4.96 Å². The molecular formula is C14H13BrN2O2S. The molecule has 0 saturated carbocycles. The van der Waals surface area contributed by atoms with Gasteiger partial charge in [0.1, 0.15) is 11.5 Å². The first-order valence-electron chi connectivity index (χ1n) is 6.23. The summed E-state index contributed by atoms with van der Waals surface area (Å²) in [6.07, 6.45) is 1.99. The number of fused-ring (bicyclic) bond motifs is 1. The third-order valence-electron chi connectivity index (χ3n) is 2.80. The maximum Gasteiger partial charge on any atom is 0.243 e. The molecule has 0 radical (unpaired) electrons. The number of hydrogen-bond donors (Lipinski definition) is 0. The van der Waals surface area contributed by atoms with Crippen LogP contribution in [0.1, 0.15) is 12.6 Å². The summed E-state index contributed by atoms with van der Waals surface area (Å²) in [4.78, 5) is 5.43. The third kappa shape index (κ3) is 2.53. The van der Waals surface area contributed by atoms with Crippen molar-refractivity contribution in [3.63, 3.8) is 0 Å². The van der Waals surface area contributed by atoms with Crippen LogP contribution in [0.4, 0.5) is 0 Å². The molecule has 2 aromatic heterocycles. The summed E-state index contributed by atoms with van der Waals surface area (Å²) in [6.45, 7) is 2.62. The van der Waals surface area contributed by atoms with Gasteiger partial charge in [0.2, 0.25) is 5.88 Å². The Balaban J connectivity index is 1.86. The van der Waals surface area contributed by atoms with E-state index in [2.05, 4.69) is 20.9 Å². The molecule has 0 aliphatic carbocycles. The molecule has 0 saturated heterocycles. The van der Waals surface area contributed by atoms with Gasteiger partial charge in [-0.05, 0) is 31.2 Å². The number of rotatable bonds is 5. The average molecular weight is 353 g/mol. The maximum absolute atomic E-state index is 5.87. The van der Waals surface area contributed by atoms with Crippen molar-refractivity contribution in [2.75, 3.05) is 6.61 Å². The molecule has 0 aliphatic heterocycles. The van der Waals surface area contributed by atoms with Crippen molar-refractivity contribution < 1.29 is 9.47 Å². The highest BCUT2D eigenvalue weighted by Crippen LogP contribution is 2.30. The Morgan fingerprint density at radius 1 is 1.25 bits per heavy atom. The lowest BCUT2D eigenvalue weighted by Crippen LogP contribution is -1.92. The van der Waals surface area contributed by atoms with Gasteiger partial charge >= 0.3 is 0 Å². The van der Waals surface area contributed by atoms with Crippen molar-refractivity contribution >= 4 is 32.2 Å². The lowest BCUT2D eigenvalue weighted by molar-refractivity contribution is 0.339. The smallest absolute Gasteiger partial charge is 0.243 e. The lowest BCUT2D eigenvalue weighted by Gasteiger charge is -2.06. The number of aromatic nitrogens is 2. The second-order valence-corrected chi connectivity index (χ2v) is 5.49. The summed E-state index contributed by atoms with van der Waals surface area (Å²) in [5.41, 5.74) is 1.01. The van der Waals surface area contributed by atoms with Crippen LogP contribution in [-0.2, 0) is 5.33 Å². The van der Waals surface area contributed by atoms with Gasteiger partial charge in [-0.1, -0.05) is 15.9 Å². The van der Waals surface area contributed by atoms with Crippen LogP contribution < -0.4 is 9.47 Å². The van der Waals surface area contributed by atoms with Crippen LogP contribution >= 0.6 is 27.3 Å². The Hall–Kier alpha value is -1.53. The second kappa shape index (κ2) is 5.85. The van der Waals surface area contributed by atoms with E-state index in [0.29, 0.717) is 17.8 Å². The van der Waals surface area contributed by atoms with Gasteiger partial charge in [0.25, 0.3) is 0 Å². The van der Waals surface area contributed by atoms with Crippen LogP contribution in [0.15, 0.2) is 35.8 Å². The Kier molecular flexibility index (Phi) is 3.93. The van der Waals surface area contributed by atoms with Gasteiger partial charge in [-0.25, -0.2) is 0 Å². The van der Waals surface area contributed by atoms with E-state index in [0.717, 1.165) is 22.2 Å². The van der Waals surface area contributed by atoms with Crippen molar-refractivity contribution in [3.8, 4) is 17.4 Å². The van der Waals surface area contributed by atoms with E-state index in [1.165, 1.54) is 0 Å².